The van der Waals surface area contributed by atoms with Crippen LogP contribution in [0.15, 0.2) is 0 Å². The Morgan fingerprint density at radius 2 is 2.13 bits per heavy atom. The van der Waals surface area contributed by atoms with Crippen LogP contribution < -0.4 is 5.32 Å². The van der Waals surface area contributed by atoms with Crippen molar-refractivity contribution in [1.82, 2.24) is 10.2 Å². The van der Waals surface area contributed by atoms with Gasteiger partial charge >= 0.3 is 5.97 Å². The summed E-state index contributed by atoms with van der Waals surface area (Å²) in [6, 6.07) is -0.353. The minimum absolute atomic E-state index is 0.168. The Balaban J connectivity index is 3.98. The quantitative estimate of drug-likeness (QED) is 0.601. The van der Waals surface area contributed by atoms with E-state index in [1.807, 2.05) is 25.8 Å². The monoisotopic (exact) mass is 218 g/mol. The summed E-state index contributed by atoms with van der Waals surface area (Å²) in [5.74, 6) is -0.812. The number of methoxy groups -OCH3 is 1. The summed E-state index contributed by atoms with van der Waals surface area (Å²) in [4.78, 5) is 12.9. The van der Waals surface area contributed by atoms with E-state index in [4.69, 9.17) is 9.84 Å². The summed E-state index contributed by atoms with van der Waals surface area (Å²) in [5.41, 5.74) is 0. The van der Waals surface area contributed by atoms with Crippen molar-refractivity contribution in [2.24, 2.45) is 0 Å². The third kappa shape index (κ3) is 7.30. The highest BCUT2D eigenvalue weighted by molar-refractivity contribution is 5.73. The summed E-state index contributed by atoms with van der Waals surface area (Å²) in [7, 11) is 3.52. The van der Waals surface area contributed by atoms with Gasteiger partial charge in [-0.3, -0.25) is 4.79 Å². The first-order chi connectivity index (χ1) is 6.97. The van der Waals surface area contributed by atoms with Gasteiger partial charge in [0, 0.05) is 26.2 Å². The summed E-state index contributed by atoms with van der Waals surface area (Å²) in [5, 5.41) is 12.0. The van der Waals surface area contributed by atoms with Crippen LogP contribution in [0.2, 0.25) is 0 Å². The fourth-order valence-corrected chi connectivity index (χ4v) is 1.25. The highest BCUT2D eigenvalue weighted by Crippen LogP contribution is 1.93. The standard InChI is InChI=1S/C10H22N2O3/c1-8(2)11-9(10(13)14)7-12(3)5-6-15-4/h8-9,11H,5-7H2,1-4H3,(H,13,14). The van der Waals surface area contributed by atoms with Gasteiger partial charge in [-0.1, -0.05) is 13.8 Å². The third-order valence-electron chi connectivity index (χ3n) is 2.00. The summed E-state index contributed by atoms with van der Waals surface area (Å²) >= 11 is 0. The zero-order valence-electron chi connectivity index (χ0n) is 9.99. The van der Waals surface area contributed by atoms with Gasteiger partial charge in [-0.2, -0.15) is 0 Å². The van der Waals surface area contributed by atoms with E-state index in [9.17, 15) is 4.79 Å². The van der Waals surface area contributed by atoms with Gasteiger partial charge in [-0.25, -0.2) is 0 Å². The van der Waals surface area contributed by atoms with Crippen LogP contribution in [0.25, 0.3) is 0 Å². The molecule has 0 amide bonds. The molecule has 0 aromatic rings. The van der Waals surface area contributed by atoms with E-state index in [0.717, 1.165) is 6.54 Å². The topological polar surface area (TPSA) is 61.8 Å². The maximum absolute atomic E-state index is 10.9. The number of carboxylic acids is 1. The van der Waals surface area contributed by atoms with E-state index in [1.54, 1.807) is 7.11 Å². The van der Waals surface area contributed by atoms with E-state index in [-0.39, 0.29) is 6.04 Å². The van der Waals surface area contributed by atoms with Gasteiger partial charge in [-0.15, -0.1) is 0 Å². The first-order valence-electron chi connectivity index (χ1n) is 5.13. The van der Waals surface area contributed by atoms with E-state index in [1.165, 1.54) is 0 Å². The number of carboxylic acid groups (broad SMARTS) is 1. The molecule has 90 valence electrons. The predicted octanol–water partition coefficient (Wildman–Crippen LogP) is 0.0158. The third-order valence-corrected chi connectivity index (χ3v) is 2.00. The minimum atomic E-state index is -0.812. The second-order valence-electron chi connectivity index (χ2n) is 3.97. The Labute approximate surface area is 91.4 Å². The predicted molar refractivity (Wildman–Crippen MR) is 59.1 cm³/mol. The van der Waals surface area contributed by atoms with Gasteiger partial charge in [0.05, 0.1) is 6.61 Å². The zero-order chi connectivity index (χ0) is 11.8. The van der Waals surface area contributed by atoms with E-state index in [2.05, 4.69) is 5.32 Å². The maximum Gasteiger partial charge on any atom is 0.322 e. The molecule has 0 bridgehead atoms. The van der Waals surface area contributed by atoms with Crippen LogP contribution >= 0.6 is 0 Å². The number of rotatable bonds is 8. The van der Waals surface area contributed by atoms with Crippen molar-refractivity contribution in [2.75, 3.05) is 33.9 Å². The van der Waals surface area contributed by atoms with Crippen molar-refractivity contribution in [3.63, 3.8) is 0 Å². The molecule has 5 heteroatoms. The number of carbonyl (C=O) groups is 1. The molecule has 0 heterocycles. The Morgan fingerprint density at radius 3 is 2.53 bits per heavy atom. The van der Waals surface area contributed by atoms with Crippen molar-refractivity contribution in [1.29, 1.82) is 0 Å². The van der Waals surface area contributed by atoms with Crippen LogP contribution in [0.3, 0.4) is 0 Å². The average Bonchev–Trinajstić information content (AvgIpc) is 2.12. The Morgan fingerprint density at radius 1 is 1.53 bits per heavy atom. The van der Waals surface area contributed by atoms with Crippen molar-refractivity contribution < 1.29 is 14.6 Å². The van der Waals surface area contributed by atoms with Gasteiger partial charge in [-0.05, 0) is 7.05 Å². The average molecular weight is 218 g/mol. The highest BCUT2D eigenvalue weighted by Gasteiger charge is 2.19. The van der Waals surface area contributed by atoms with Crippen molar-refractivity contribution >= 4 is 5.97 Å². The van der Waals surface area contributed by atoms with Gasteiger partial charge in [0.2, 0.25) is 0 Å². The molecule has 15 heavy (non-hydrogen) atoms. The maximum atomic E-state index is 10.9. The number of ether oxygens (including phenoxy) is 1. The molecule has 0 aliphatic heterocycles. The molecule has 0 radical (unpaired) electrons. The molecular formula is C10H22N2O3. The SMILES string of the molecule is COCCN(C)CC(NC(C)C)C(=O)O. The van der Waals surface area contributed by atoms with Crippen LogP contribution in [0.1, 0.15) is 13.8 Å². The summed E-state index contributed by atoms with van der Waals surface area (Å²) in [6.45, 7) is 5.71. The van der Waals surface area contributed by atoms with Crippen molar-refractivity contribution in [3.05, 3.63) is 0 Å². The lowest BCUT2D eigenvalue weighted by Gasteiger charge is -2.23. The van der Waals surface area contributed by atoms with Crippen LogP contribution in [0.5, 0.6) is 0 Å². The Hall–Kier alpha value is -0.650. The van der Waals surface area contributed by atoms with Gasteiger partial charge in [0.15, 0.2) is 0 Å². The van der Waals surface area contributed by atoms with Gasteiger partial charge < -0.3 is 20.1 Å². The molecule has 0 rings (SSSR count). The molecule has 0 saturated carbocycles. The molecule has 5 nitrogen and oxygen atoms in total. The number of hydrogen-bond donors (Lipinski definition) is 2. The number of likely N-dealkylation sites (N-methyl/N-ethyl adjacent to an activating group) is 1. The lowest BCUT2D eigenvalue weighted by atomic mass is 10.2. The van der Waals surface area contributed by atoms with Crippen LogP contribution in [-0.2, 0) is 9.53 Å². The Bertz CT molecular complexity index is 186. The van der Waals surface area contributed by atoms with Gasteiger partial charge in [0.25, 0.3) is 0 Å². The first kappa shape index (κ1) is 14.3. The highest BCUT2D eigenvalue weighted by atomic mass is 16.5. The number of nitrogens with one attached hydrogen (secondary N) is 1. The van der Waals surface area contributed by atoms with Crippen LogP contribution in [0, 0.1) is 0 Å². The van der Waals surface area contributed by atoms with Crippen LogP contribution in [0.4, 0.5) is 0 Å². The van der Waals surface area contributed by atoms with E-state index in [0.29, 0.717) is 13.2 Å². The van der Waals surface area contributed by atoms with E-state index >= 15 is 0 Å². The van der Waals surface area contributed by atoms with Crippen molar-refractivity contribution in [2.45, 2.75) is 25.9 Å². The molecule has 0 spiro atoms. The summed E-state index contributed by atoms with van der Waals surface area (Å²) in [6.07, 6.45) is 0. The second-order valence-corrected chi connectivity index (χ2v) is 3.97. The van der Waals surface area contributed by atoms with Gasteiger partial charge in [0.1, 0.15) is 6.04 Å². The molecule has 1 unspecified atom stereocenters. The number of nitrogens with zero attached hydrogens (tertiary/aromatic N) is 1. The zero-order valence-corrected chi connectivity index (χ0v) is 9.99. The molecular weight excluding hydrogens is 196 g/mol. The molecule has 1 atom stereocenters. The molecule has 0 saturated heterocycles. The first-order valence-corrected chi connectivity index (χ1v) is 5.13. The number of aliphatic carboxylic acids is 1. The number of hydrogen-bond acceptors (Lipinski definition) is 4. The summed E-state index contributed by atoms with van der Waals surface area (Å²) < 4.78 is 4.93. The fourth-order valence-electron chi connectivity index (χ4n) is 1.25. The van der Waals surface area contributed by atoms with Crippen molar-refractivity contribution in [3.8, 4) is 0 Å². The molecule has 2 N–H and O–H groups in total. The second kappa shape index (κ2) is 7.62. The van der Waals surface area contributed by atoms with Crippen LogP contribution in [-0.4, -0.2) is 61.9 Å². The fraction of sp³-hybridized carbons (Fsp3) is 0.900. The molecule has 0 aromatic carbocycles. The largest absolute Gasteiger partial charge is 0.480 e. The molecule has 0 aromatic heterocycles. The lowest BCUT2D eigenvalue weighted by Crippen LogP contribution is -2.48. The van der Waals surface area contributed by atoms with E-state index < -0.39 is 12.0 Å². The lowest BCUT2D eigenvalue weighted by molar-refractivity contribution is -0.140. The Kier molecular flexibility index (Phi) is 7.29. The smallest absolute Gasteiger partial charge is 0.322 e. The molecule has 0 fully saturated rings. The molecule has 0 aliphatic rings. The normalized spacial score (nSPS) is 13.5. The molecule has 0 aliphatic carbocycles. The minimum Gasteiger partial charge on any atom is -0.480 e.